The van der Waals surface area contributed by atoms with Crippen LogP contribution >= 0.6 is 17.1 Å². The van der Waals surface area contributed by atoms with E-state index in [9.17, 15) is 0 Å². The van der Waals surface area contributed by atoms with Crippen molar-refractivity contribution in [2.45, 2.75) is 97.4 Å². The summed E-state index contributed by atoms with van der Waals surface area (Å²) in [5.41, 5.74) is -6.85. The largest absolute Gasteiger partial charge is 3.00 e. The fraction of sp³-hybridized carbons (Fsp3) is 1.00. The van der Waals surface area contributed by atoms with E-state index in [1.807, 2.05) is 41.5 Å². The van der Waals surface area contributed by atoms with E-state index in [0.717, 1.165) is 19.3 Å². The predicted molar refractivity (Wildman–Crippen MR) is 142 cm³/mol. The summed E-state index contributed by atoms with van der Waals surface area (Å²) >= 11 is 29.6. The minimum atomic E-state index is -2.28. The monoisotopic (exact) mass is 643 g/mol. The number of hydrogen-bond donors (Lipinski definition) is 0. The van der Waals surface area contributed by atoms with E-state index >= 15 is 0 Å². The molecule has 3 aliphatic rings. The first-order valence-electron chi connectivity index (χ1n) is 9.52. The fourth-order valence-corrected chi connectivity index (χ4v) is 11.7. The smallest absolute Gasteiger partial charge is 0.691 e. The summed E-state index contributed by atoms with van der Waals surface area (Å²) in [6.45, 7) is 11.9. The Morgan fingerprint density at radius 3 is 0.710 bits per heavy atom. The van der Waals surface area contributed by atoms with Crippen molar-refractivity contribution in [1.82, 2.24) is 0 Å². The summed E-state index contributed by atoms with van der Waals surface area (Å²) in [7, 11) is 0. The molecule has 3 fully saturated rings. The van der Waals surface area contributed by atoms with Crippen molar-refractivity contribution < 1.29 is 44.5 Å². The second kappa shape index (κ2) is 14.9. The average Bonchev–Trinajstić information content (AvgIpc) is 2.39. The third-order valence-corrected chi connectivity index (χ3v) is 10.7. The molecule has 3 saturated heterocycles. The van der Waals surface area contributed by atoms with Crippen LogP contribution in [-0.2, 0) is 117 Å². The van der Waals surface area contributed by atoms with Gasteiger partial charge in [-0.2, -0.15) is 0 Å². The maximum atomic E-state index is 5.26. The maximum absolute atomic E-state index is 5.26. The second-order valence-corrected chi connectivity index (χ2v) is 22.2. The van der Waals surface area contributed by atoms with Gasteiger partial charge < -0.3 is 63.9 Å². The van der Waals surface area contributed by atoms with Crippen LogP contribution in [0.3, 0.4) is 0 Å². The molecule has 0 aromatic heterocycles. The Bertz CT molecular complexity index is 574. The van der Waals surface area contributed by atoms with Gasteiger partial charge >= 0.3 is 17.4 Å². The van der Waals surface area contributed by atoms with Gasteiger partial charge in [-0.05, 0) is 41.5 Å². The van der Waals surface area contributed by atoms with Crippen LogP contribution in [0.5, 0.6) is 0 Å². The molecule has 0 amide bonds. The molecule has 0 spiro atoms. The molecule has 0 bridgehead atoms. The van der Waals surface area contributed by atoms with Crippen molar-refractivity contribution in [2.24, 2.45) is 0 Å². The van der Waals surface area contributed by atoms with E-state index < -0.39 is 17.1 Å². The van der Waals surface area contributed by atoms with Crippen molar-refractivity contribution >= 4 is 89.2 Å². The van der Waals surface area contributed by atoms with E-state index in [0.29, 0.717) is 0 Å². The topological polar surface area (TPSA) is 55.4 Å². The van der Waals surface area contributed by atoms with Crippen molar-refractivity contribution in [2.75, 3.05) is 0 Å². The van der Waals surface area contributed by atoms with E-state index in [1.54, 1.807) is 0 Å². The van der Waals surface area contributed by atoms with Crippen molar-refractivity contribution in [3.05, 3.63) is 0 Å². The first kappa shape index (κ1) is 34.3. The molecular weight excluding hydrogens is 613 g/mol. The zero-order chi connectivity index (χ0) is 23.3. The van der Waals surface area contributed by atoms with Gasteiger partial charge in [0.1, 0.15) is 0 Å². The van der Waals surface area contributed by atoms with Crippen LogP contribution in [0.4, 0.5) is 0 Å². The maximum Gasteiger partial charge on any atom is 3.00 e. The first-order valence-corrected chi connectivity index (χ1v) is 20.5. The van der Waals surface area contributed by atoms with Gasteiger partial charge in [0.25, 0.3) is 0 Å². The van der Waals surface area contributed by atoms with E-state index in [2.05, 4.69) is 0 Å². The minimum Gasteiger partial charge on any atom is -0.691 e. The van der Waals surface area contributed by atoms with Crippen LogP contribution in [0.1, 0.15) is 60.8 Å². The molecule has 0 aliphatic carbocycles. The van der Waals surface area contributed by atoms with Gasteiger partial charge in [0.2, 0.25) is 0 Å². The van der Waals surface area contributed by atoms with E-state index in [4.69, 9.17) is 99.3 Å². The summed E-state index contributed by atoms with van der Waals surface area (Å²) in [5, 5.41) is 0. The Kier molecular flexibility index (Phi) is 16.5. The third-order valence-electron chi connectivity index (χ3n) is 3.85. The number of rotatable bonds is 0. The van der Waals surface area contributed by atoms with Gasteiger partial charge in [-0.15, -0.1) is 0 Å². The molecule has 6 nitrogen and oxygen atoms in total. The Morgan fingerprint density at radius 2 is 0.613 bits per heavy atom. The molecule has 3 aliphatic heterocycles. The standard InChI is InChI=1S/3C5H11O2PS2.Cr/c3*1-4-3-5(2)7-8(9,10)6-4;/h3*4-5H,3H2,1-2H3,(H,9,10);/q;;;+3/p-3. The molecule has 0 N–H and O–H groups in total. The molecule has 1 radical (unpaired) electrons. The van der Waals surface area contributed by atoms with Gasteiger partial charge in [0.05, 0.1) is 53.7 Å². The molecule has 3 rings (SSSR count). The van der Waals surface area contributed by atoms with Crippen LogP contribution in [0.2, 0.25) is 0 Å². The zero-order valence-electron chi connectivity index (χ0n) is 18.2. The quantitative estimate of drug-likeness (QED) is 0.233. The second-order valence-electron chi connectivity index (χ2n) is 7.54. The van der Waals surface area contributed by atoms with Crippen molar-refractivity contribution in [3.8, 4) is 0 Å². The normalized spacial score (nSPS) is 47.5. The number of hydrogen-bond acceptors (Lipinski definition) is 12. The van der Waals surface area contributed by atoms with Gasteiger partial charge in [0.15, 0.2) is 0 Å². The SMILES string of the molecule is CC1CC(C)OP(=S)([S-])O1.CC1CC(C)OP(=S)([S-])O1.CC1CC(C)OP(=S)([S-])O1.[Cr+3]. The van der Waals surface area contributed by atoms with Crippen LogP contribution in [0.25, 0.3) is 0 Å². The van der Waals surface area contributed by atoms with Gasteiger partial charge in [-0.25, -0.2) is 0 Å². The molecule has 16 heteroatoms. The molecule has 183 valence electrons. The van der Waals surface area contributed by atoms with Gasteiger partial charge in [0, 0.05) is 19.3 Å². The third kappa shape index (κ3) is 15.9. The van der Waals surface area contributed by atoms with Crippen LogP contribution in [0.15, 0.2) is 0 Å². The molecule has 31 heavy (non-hydrogen) atoms. The van der Waals surface area contributed by atoms with E-state index in [-0.39, 0.29) is 54.0 Å². The summed E-state index contributed by atoms with van der Waals surface area (Å²) in [6, 6.07) is 0. The summed E-state index contributed by atoms with van der Waals surface area (Å²) < 4.78 is 31.6. The Hall–Kier alpha value is 3.29. The summed E-state index contributed by atoms with van der Waals surface area (Å²) in [4.78, 5) is 0. The van der Waals surface area contributed by atoms with E-state index in [1.165, 1.54) is 0 Å². The molecule has 6 unspecified atom stereocenters. The first-order chi connectivity index (χ1) is 13.5. The Morgan fingerprint density at radius 1 is 0.484 bits per heavy atom. The van der Waals surface area contributed by atoms with Crippen LogP contribution < -0.4 is 0 Å². The molecule has 0 aromatic rings. The summed E-state index contributed by atoms with van der Waals surface area (Å²) in [6.07, 6.45) is 3.73. The van der Waals surface area contributed by atoms with Crippen LogP contribution in [-0.4, -0.2) is 36.6 Å². The Balaban J connectivity index is 0.000000429. The van der Waals surface area contributed by atoms with Crippen LogP contribution in [0, 0.1) is 0 Å². The molecule has 3 heterocycles. The molecular formula is C15H30CrO6P3S6. The zero-order valence-corrected chi connectivity index (χ0v) is 27.1. The van der Waals surface area contributed by atoms with Crippen molar-refractivity contribution in [1.29, 1.82) is 0 Å². The average molecular weight is 644 g/mol. The predicted octanol–water partition coefficient (Wildman–Crippen LogP) is 5.91. The Labute approximate surface area is 229 Å². The molecule has 0 aromatic carbocycles. The molecule has 6 atom stereocenters. The van der Waals surface area contributed by atoms with Crippen molar-refractivity contribution in [3.63, 3.8) is 0 Å². The minimum absolute atomic E-state index is 0. The van der Waals surface area contributed by atoms with Gasteiger partial charge in [-0.3, -0.25) is 0 Å². The van der Waals surface area contributed by atoms with Gasteiger partial charge in [-0.1, -0.05) is 35.4 Å². The fourth-order valence-electron chi connectivity index (χ4n) is 3.06. The molecule has 0 saturated carbocycles. The summed E-state index contributed by atoms with van der Waals surface area (Å²) in [5.74, 6) is 0.